The molecule has 29 heavy (non-hydrogen) atoms. The maximum absolute atomic E-state index is 14.8. The molecule has 0 aromatic heterocycles. The third-order valence-corrected chi connectivity index (χ3v) is 5.14. The molecule has 0 saturated carbocycles. The van der Waals surface area contributed by atoms with Crippen molar-refractivity contribution in [3.8, 4) is 0 Å². The number of nitrogens with zero attached hydrogens (tertiary/aromatic N) is 4. The highest BCUT2D eigenvalue weighted by atomic mass is 19.1. The maximum Gasteiger partial charge on any atom is 0.222 e. The van der Waals surface area contributed by atoms with E-state index in [0.717, 1.165) is 11.3 Å². The van der Waals surface area contributed by atoms with Crippen molar-refractivity contribution in [3.05, 3.63) is 59.4 Å². The van der Waals surface area contributed by atoms with Crippen LogP contribution < -0.4 is 16.0 Å². The second kappa shape index (κ2) is 8.08. The second-order valence-corrected chi connectivity index (χ2v) is 7.14. The van der Waals surface area contributed by atoms with Crippen molar-refractivity contribution >= 4 is 23.3 Å². The lowest BCUT2D eigenvalue weighted by molar-refractivity contribution is 0.0671. The Balaban J connectivity index is 1.74. The van der Waals surface area contributed by atoms with Crippen molar-refractivity contribution in [2.24, 2.45) is 15.7 Å². The minimum absolute atomic E-state index is 0.153. The average Bonchev–Trinajstić information content (AvgIpc) is 2.72. The number of para-hydroxylation sites is 1. The van der Waals surface area contributed by atoms with Crippen LogP contribution in [0.5, 0.6) is 0 Å². The fraction of sp³-hybridized carbons (Fsp3) is 0.333. The highest BCUT2D eigenvalue weighted by Gasteiger charge is 2.33. The Labute approximate surface area is 169 Å². The molecule has 8 heteroatoms. The molecule has 4 rings (SSSR count). The van der Waals surface area contributed by atoms with Gasteiger partial charge in [-0.2, -0.15) is 4.99 Å². The quantitative estimate of drug-likeness (QED) is 0.834. The van der Waals surface area contributed by atoms with Crippen LogP contribution in [0.15, 0.2) is 52.4 Å². The van der Waals surface area contributed by atoms with Gasteiger partial charge in [0.2, 0.25) is 18.2 Å². The Hall–Kier alpha value is -3.13. The molecule has 0 radical (unpaired) electrons. The molecular formula is C21H25FN6O. The molecule has 2 aromatic carbocycles. The predicted octanol–water partition coefficient (Wildman–Crippen LogP) is 2.66. The first-order chi connectivity index (χ1) is 14.0. The number of ether oxygens (including phenoxy) is 1. The van der Waals surface area contributed by atoms with E-state index in [2.05, 4.69) is 22.2 Å². The molecule has 3 N–H and O–H groups in total. The molecule has 1 fully saturated rings. The van der Waals surface area contributed by atoms with E-state index in [0.29, 0.717) is 38.0 Å². The molecule has 1 atom stereocenters. The van der Waals surface area contributed by atoms with Crippen LogP contribution in [0.1, 0.15) is 11.1 Å². The van der Waals surface area contributed by atoms with Gasteiger partial charge < -0.3 is 20.7 Å². The van der Waals surface area contributed by atoms with Gasteiger partial charge in [0.25, 0.3) is 0 Å². The minimum atomic E-state index is -0.635. The zero-order valence-electron chi connectivity index (χ0n) is 16.6. The van der Waals surface area contributed by atoms with E-state index in [-0.39, 0.29) is 11.8 Å². The fourth-order valence-corrected chi connectivity index (χ4v) is 3.43. The zero-order chi connectivity index (χ0) is 20.4. The van der Waals surface area contributed by atoms with E-state index >= 15 is 0 Å². The maximum atomic E-state index is 14.8. The largest absolute Gasteiger partial charge is 0.378 e. The molecule has 2 aliphatic rings. The fourth-order valence-electron chi connectivity index (χ4n) is 3.43. The number of benzene rings is 2. The van der Waals surface area contributed by atoms with Gasteiger partial charge in [-0.1, -0.05) is 18.2 Å². The Kier molecular flexibility index (Phi) is 5.35. The first kappa shape index (κ1) is 19.2. The molecule has 0 aliphatic carbocycles. The summed E-state index contributed by atoms with van der Waals surface area (Å²) in [5.74, 6) is 0.365. The highest BCUT2D eigenvalue weighted by molar-refractivity contribution is 6.06. The van der Waals surface area contributed by atoms with E-state index in [1.54, 1.807) is 23.1 Å². The molecule has 0 bridgehead atoms. The molecule has 0 amide bonds. The van der Waals surface area contributed by atoms with Crippen LogP contribution in [0.25, 0.3) is 0 Å². The summed E-state index contributed by atoms with van der Waals surface area (Å²) >= 11 is 0. The minimum Gasteiger partial charge on any atom is -0.378 e. The summed E-state index contributed by atoms with van der Waals surface area (Å²) in [4.78, 5) is 12.7. The number of guanidine groups is 2. The summed E-state index contributed by atoms with van der Waals surface area (Å²) in [6.45, 7) is 6.56. The summed E-state index contributed by atoms with van der Waals surface area (Å²) in [6.07, 6.45) is -0.635. The number of anilines is 2. The number of rotatable bonds is 3. The van der Waals surface area contributed by atoms with Crippen LogP contribution in [0.4, 0.5) is 15.8 Å². The smallest absolute Gasteiger partial charge is 0.222 e. The number of aryl methyl sites for hydroxylation is 2. The number of hydrogen-bond acceptors (Lipinski definition) is 7. The molecule has 2 aromatic rings. The van der Waals surface area contributed by atoms with Crippen molar-refractivity contribution < 1.29 is 9.13 Å². The van der Waals surface area contributed by atoms with E-state index in [1.807, 2.05) is 30.0 Å². The number of morpholine rings is 1. The van der Waals surface area contributed by atoms with E-state index < -0.39 is 6.29 Å². The molecular weight excluding hydrogens is 371 g/mol. The van der Waals surface area contributed by atoms with Gasteiger partial charge >= 0.3 is 0 Å². The molecule has 1 saturated heterocycles. The normalized spacial score (nSPS) is 19.6. The predicted molar refractivity (Wildman–Crippen MR) is 114 cm³/mol. The average molecular weight is 396 g/mol. The lowest BCUT2D eigenvalue weighted by atomic mass is 10.1. The number of nitrogens with one attached hydrogen (secondary N) is 1. The third-order valence-electron chi connectivity index (χ3n) is 5.14. The van der Waals surface area contributed by atoms with E-state index in [9.17, 15) is 4.39 Å². The monoisotopic (exact) mass is 396 g/mol. The Morgan fingerprint density at radius 2 is 1.86 bits per heavy atom. The van der Waals surface area contributed by atoms with E-state index in [4.69, 9.17) is 10.5 Å². The highest BCUT2D eigenvalue weighted by Crippen LogP contribution is 2.27. The zero-order valence-corrected chi connectivity index (χ0v) is 16.6. The Morgan fingerprint density at radius 3 is 2.59 bits per heavy atom. The lowest BCUT2D eigenvalue weighted by Crippen LogP contribution is -2.57. The lowest BCUT2D eigenvalue weighted by Gasteiger charge is -2.41. The molecule has 7 nitrogen and oxygen atoms in total. The van der Waals surface area contributed by atoms with Gasteiger partial charge in [-0.3, -0.25) is 4.90 Å². The Bertz CT molecular complexity index is 954. The number of aliphatic imine (C=N–C) groups is 2. The number of halogens is 1. The first-order valence-corrected chi connectivity index (χ1v) is 9.65. The van der Waals surface area contributed by atoms with Gasteiger partial charge in [-0.25, -0.2) is 9.38 Å². The van der Waals surface area contributed by atoms with Gasteiger partial charge in [0, 0.05) is 18.8 Å². The number of hydrogen-bond donors (Lipinski definition) is 2. The molecule has 2 aliphatic heterocycles. The molecule has 0 spiro atoms. The van der Waals surface area contributed by atoms with Crippen LogP contribution in [-0.4, -0.2) is 49.4 Å². The van der Waals surface area contributed by atoms with Crippen molar-refractivity contribution in [2.45, 2.75) is 20.1 Å². The topological polar surface area (TPSA) is 78.5 Å². The van der Waals surface area contributed by atoms with Crippen molar-refractivity contribution in [1.82, 2.24) is 4.90 Å². The second-order valence-electron chi connectivity index (χ2n) is 7.14. The third kappa shape index (κ3) is 4.02. The van der Waals surface area contributed by atoms with Gasteiger partial charge in [0.05, 0.1) is 18.9 Å². The molecule has 1 unspecified atom stereocenters. The first-order valence-electron chi connectivity index (χ1n) is 9.65. The van der Waals surface area contributed by atoms with E-state index in [1.165, 1.54) is 11.6 Å². The summed E-state index contributed by atoms with van der Waals surface area (Å²) in [6, 6.07) is 12.7. The van der Waals surface area contributed by atoms with Gasteiger partial charge in [0.15, 0.2) is 0 Å². The van der Waals surface area contributed by atoms with Crippen molar-refractivity contribution in [2.75, 3.05) is 36.5 Å². The summed E-state index contributed by atoms with van der Waals surface area (Å²) in [7, 11) is 0. The standard InChI is InChI=1S/C21H25FN6O/c1-14-7-8-16(13-15(14)2)24-20-25-19(23)26-21(27-9-11-29-12-10-27)28(20)18-6-4-3-5-17(18)22/h3-8,13,20,24H,9-12H2,1-2H3,(H2,23,25). The summed E-state index contributed by atoms with van der Waals surface area (Å²) in [5.41, 5.74) is 9.66. The van der Waals surface area contributed by atoms with Crippen molar-refractivity contribution in [1.29, 1.82) is 0 Å². The van der Waals surface area contributed by atoms with Gasteiger partial charge in [-0.05, 0) is 49.2 Å². The van der Waals surface area contributed by atoms with Crippen LogP contribution in [-0.2, 0) is 4.74 Å². The summed E-state index contributed by atoms with van der Waals surface area (Å²) in [5, 5.41) is 3.38. The SMILES string of the molecule is Cc1ccc(NC2N=C(N)N=C(N3CCOCC3)N2c2ccccc2F)cc1C. The number of nitrogens with two attached hydrogens (primary N) is 1. The van der Waals surface area contributed by atoms with Gasteiger partial charge in [-0.15, -0.1) is 0 Å². The van der Waals surface area contributed by atoms with Crippen LogP contribution in [0.2, 0.25) is 0 Å². The molecule has 2 heterocycles. The van der Waals surface area contributed by atoms with Crippen LogP contribution in [0, 0.1) is 19.7 Å². The van der Waals surface area contributed by atoms with Crippen molar-refractivity contribution in [3.63, 3.8) is 0 Å². The summed E-state index contributed by atoms with van der Waals surface area (Å²) < 4.78 is 20.3. The molecule has 152 valence electrons. The van der Waals surface area contributed by atoms with Gasteiger partial charge in [0.1, 0.15) is 5.82 Å². The van der Waals surface area contributed by atoms with Crippen LogP contribution >= 0.6 is 0 Å². The Morgan fingerprint density at radius 1 is 1.10 bits per heavy atom. The van der Waals surface area contributed by atoms with Crippen LogP contribution in [0.3, 0.4) is 0 Å².